The van der Waals surface area contributed by atoms with Gasteiger partial charge in [-0.1, -0.05) is 50.6 Å². The Balaban J connectivity index is 2.36. The van der Waals surface area contributed by atoms with Crippen molar-refractivity contribution in [1.82, 2.24) is 31.9 Å². The number of carboxylic acids is 3. The molecule has 1 aromatic rings. The number of carbonyl (C=O) groups is 8. The summed E-state index contributed by atoms with van der Waals surface area (Å²) in [5.74, 6) is -8.53. The van der Waals surface area contributed by atoms with Crippen LogP contribution in [0.4, 0.5) is 0 Å². The van der Waals surface area contributed by atoms with Crippen LogP contribution in [0.2, 0.25) is 0 Å². The molecule has 1 saturated heterocycles. The lowest BCUT2D eigenvalue weighted by atomic mass is 9.96. The Hall–Kier alpha value is -5.10. The molecule has 1 heterocycles. The molecule has 0 bridgehead atoms. The van der Waals surface area contributed by atoms with Gasteiger partial charge in [-0.25, -0.2) is 4.79 Å². The van der Waals surface area contributed by atoms with Crippen molar-refractivity contribution in [3.8, 4) is 0 Å². The molecule has 11 N–H and O–H groups in total. The van der Waals surface area contributed by atoms with Gasteiger partial charge in [0.25, 0.3) is 0 Å². The van der Waals surface area contributed by atoms with E-state index in [9.17, 15) is 48.6 Å². The van der Waals surface area contributed by atoms with Crippen LogP contribution < -0.4 is 37.6 Å². The van der Waals surface area contributed by atoms with Gasteiger partial charge in [-0.3, -0.25) is 33.6 Å². The summed E-state index contributed by atoms with van der Waals surface area (Å²) in [6.07, 6.45) is 0.642. The van der Waals surface area contributed by atoms with Crippen molar-refractivity contribution < 1.29 is 53.7 Å². The van der Waals surface area contributed by atoms with Crippen LogP contribution in [0.1, 0.15) is 77.2 Å². The van der Waals surface area contributed by atoms with Gasteiger partial charge in [0.2, 0.25) is 29.5 Å². The quantitative estimate of drug-likeness (QED) is 0.0569. The maximum absolute atomic E-state index is 13.9. The fourth-order valence-corrected chi connectivity index (χ4v) is 5.67. The van der Waals surface area contributed by atoms with Crippen LogP contribution in [0, 0.1) is 5.92 Å². The van der Waals surface area contributed by atoms with Crippen molar-refractivity contribution >= 4 is 47.4 Å². The smallest absolute Gasteiger partial charge is 0.326 e. The van der Waals surface area contributed by atoms with E-state index in [0.29, 0.717) is 37.8 Å². The van der Waals surface area contributed by atoms with Gasteiger partial charge in [0, 0.05) is 12.8 Å². The number of benzene rings is 1. The molecule has 53 heavy (non-hydrogen) atoms. The van der Waals surface area contributed by atoms with Crippen molar-refractivity contribution in [2.24, 2.45) is 11.7 Å². The Labute approximate surface area is 307 Å². The van der Waals surface area contributed by atoms with E-state index in [1.807, 2.05) is 6.92 Å². The second kappa shape index (κ2) is 22.8. The highest BCUT2D eigenvalue weighted by Gasteiger charge is 2.35. The molecule has 0 spiro atoms. The van der Waals surface area contributed by atoms with Crippen LogP contribution in [-0.2, 0) is 44.8 Å². The predicted molar refractivity (Wildman–Crippen MR) is 190 cm³/mol. The Morgan fingerprint density at radius 3 is 1.89 bits per heavy atom. The summed E-state index contributed by atoms with van der Waals surface area (Å²) in [5, 5.41) is 43.6. The summed E-state index contributed by atoms with van der Waals surface area (Å²) in [7, 11) is 0. The third-order valence-electron chi connectivity index (χ3n) is 8.94. The Morgan fingerprint density at radius 1 is 0.774 bits per heavy atom. The van der Waals surface area contributed by atoms with E-state index in [1.54, 1.807) is 37.3 Å². The molecule has 1 fully saturated rings. The summed E-state index contributed by atoms with van der Waals surface area (Å²) >= 11 is 0. The molecule has 1 aliphatic heterocycles. The molecule has 294 valence electrons. The van der Waals surface area contributed by atoms with E-state index in [1.165, 1.54) is 0 Å². The summed E-state index contributed by atoms with van der Waals surface area (Å²) < 4.78 is 0. The SMILES string of the molecule is CC[C@H](C)[C@H](NC(=O)[C@@H]1CCCN1)C(=O)N[C@@H](Cc1ccccc1)C(=O)N[C@@H](CCC(=O)O)C(=O)N[C@@H](CCCCN)C(=O)N[C@@H](CC(=O)O)C(=O)O. The lowest BCUT2D eigenvalue weighted by Gasteiger charge is -2.29. The van der Waals surface area contributed by atoms with Gasteiger partial charge >= 0.3 is 17.9 Å². The van der Waals surface area contributed by atoms with Gasteiger partial charge in [-0.05, 0) is 63.1 Å². The average molecular weight is 748 g/mol. The van der Waals surface area contributed by atoms with E-state index in [0.717, 1.165) is 6.42 Å². The topological polar surface area (TPSA) is 295 Å². The largest absolute Gasteiger partial charge is 0.481 e. The van der Waals surface area contributed by atoms with Crippen molar-refractivity contribution in [3.63, 3.8) is 0 Å². The second-order valence-electron chi connectivity index (χ2n) is 13.1. The summed E-state index contributed by atoms with van der Waals surface area (Å²) in [6, 6.07) is 1.16. The van der Waals surface area contributed by atoms with Crippen molar-refractivity contribution in [2.75, 3.05) is 13.1 Å². The number of carbonyl (C=O) groups excluding carboxylic acids is 5. The predicted octanol–water partition coefficient (Wildman–Crippen LogP) is -0.996. The Kier molecular flexibility index (Phi) is 18.9. The molecular formula is C35H53N7O11. The highest BCUT2D eigenvalue weighted by atomic mass is 16.4. The second-order valence-corrected chi connectivity index (χ2v) is 13.1. The van der Waals surface area contributed by atoms with Gasteiger partial charge in [0.05, 0.1) is 12.5 Å². The minimum atomic E-state index is -1.81. The summed E-state index contributed by atoms with van der Waals surface area (Å²) in [5.41, 5.74) is 6.21. The average Bonchev–Trinajstić information content (AvgIpc) is 3.66. The summed E-state index contributed by atoms with van der Waals surface area (Å²) in [4.78, 5) is 102. The third kappa shape index (κ3) is 15.6. The molecule has 7 atom stereocenters. The molecule has 0 unspecified atom stereocenters. The van der Waals surface area contributed by atoms with Gasteiger partial charge in [-0.2, -0.15) is 0 Å². The number of aliphatic carboxylic acids is 3. The fraction of sp³-hybridized carbons (Fsp3) is 0.600. The lowest BCUT2D eigenvalue weighted by molar-refractivity contribution is -0.147. The molecule has 0 aromatic heterocycles. The fourth-order valence-electron chi connectivity index (χ4n) is 5.67. The number of hydrogen-bond acceptors (Lipinski definition) is 10. The zero-order valence-corrected chi connectivity index (χ0v) is 30.1. The monoisotopic (exact) mass is 747 g/mol. The molecule has 5 amide bonds. The molecule has 18 nitrogen and oxygen atoms in total. The summed E-state index contributed by atoms with van der Waals surface area (Å²) in [6.45, 7) is 4.54. The first-order chi connectivity index (χ1) is 25.2. The van der Waals surface area contributed by atoms with E-state index in [4.69, 9.17) is 10.8 Å². The van der Waals surface area contributed by atoms with Crippen molar-refractivity contribution in [2.45, 2.75) is 114 Å². The first-order valence-corrected chi connectivity index (χ1v) is 17.8. The highest BCUT2D eigenvalue weighted by molar-refractivity contribution is 5.97. The minimum Gasteiger partial charge on any atom is -0.481 e. The number of hydrogen-bond donors (Lipinski definition) is 10. The van der Waals surface area contributed by atoms with Gasteiger partial charge < -0.3 is 53.0 Å². The number of carboxylic acid groups (broad SMARTS) is 3. The molecule has 0 saturated carbocycles. The molecule has 2 rings (SSSR count). The molecule has 0 radical (unpaired) electrons. The standard InChI is InChI=1S/C35H53N7O11/c1-3-20(2)29(42-30(47)22-13-9-17-37-22)34(51)40-25(18-21-10-5-4-6-11-21)33(50)39-24(14-15-27(43)44)32(49)38-23(12-7-8-16-36)31(48)41-26(35(52)53)19-28(45)46/h4-6,10-11,20,22-26,29,37H,3,7-9,12-19,36H2,1-2H3,(H,38,49)(H,39,50)(H,40,51)(H,41,48)(H,42,47)(H,43,44)(H,45,46)(H,52,53)/t20-,22-,23-,24-,25-,26-,29-/m0/s1. The van der Waals surface area contributed by atoms with Crippen LogP contribution in [0.25, 0.3) is 0 Å². The van der Waals surface area contributed by atoms with E-state index >= 15 is 0 Å². The van der Waals surface area contributed by atoms with Crippen molar-refractivity contribution in [1.29, 1.82) is 0 Å². The number of unbranched alkanes of at least 4 members (excludes halogenated alkanes) is 1. The van der Waals surface area contributed by atoms with Crippen LogP contribution in [0.3, 0.4) is 0 Å². The lowest BCUT2D eigenvalue weighted by Crippen LogP contribution is -2.60. The first kappa shape index (κ1) is 44.1. The van der Waals surface area contributed by atoms with Crippen LogP contribution >= 0.6 is 0 Å². The third-order valence-corrected chi connectivity index (χ3v) is 8.94. The molecule has 1 aromatic carbocycles. The normalized spacial score (nSPS) is 17.2. The Bertz CT molecular complexity index is 1420. The molecule has 1 aliphatic rings. The zero-order valence-electron chi connectivity index (χ0n) is 30.1. The van der Waals surface area contributed by atoms with Gasteiger partial charge in [0.15, 0.2) is 0 Å². The van der Waals surface area contributed by atoms with E-state index in [-0.39, 0.29) is 31.2 Å². The zero-order chi connectivity index (χ0) is 39.5. The van der Waals surface area contributed by atoms with Crippen molar-refractivity contribution in [3.05, 3.63) is 35.9 Å². The van der Waals surface area contributed by atoms with Crippen LogP contribution in [-0.4, -0.2) is 112 Å². The molecular weight excluding hydrogens is 694 g/mol. The van der Waals surface area contributed by atoms with E-state index in [2.05, 4.69) is 31.9 Å². The minimum absolute atomic E-state index is 0.0404. The van der Waals surface area contributed by atoms with Crippen LogP contribution in [0.15, 0.2) is 30.3 Å². The highest BCUT2D eigenvalue weighted by Crippen LogP contribution is 2.13. The number of nitrogens with one attached hydrogen (secondary N) is 6. The maximum Gasteiger partial charge on any atom is 0.326 e. The Morgan fingerprint density at radius 2 is 1.36 bits per heavy atom. The molecule has 18 heteroatoms. The maximum atomic E-state index is 13.9. The first-order valence-electron chi connectivity index (χ1n) is 17.8. The molecule has 0 aliphatic carbocycles. The number of nitrogens with two attached hydrogens (primary N) is 1. The number of rotatable bonds is 24. The van der Waals surface area contributed by atoms with Gasteiger partial charge in [0.1, 0.15) is 30.2 Å². The van der Waals surface area contributed by atoms with Gasteiger partial charge in [-0.15, -0.1) is 0 Å². The van der Waals surface area contributed by atoms with E-state index < -0.39 is 97.1 Å². The van der Waals surface area contributed by atoms with Crippen LogP contribution in [0.5, 0.6) is 0 Å². The number of amides is 5.